The average Bonchev–Trinajstić information content (AvgIpc) is 3.55. The minimum absolute atomic E-state index is 0.231. The molecule has 39 heavy (non-hydrogen) atoms. The highest BCUT2D eigenvalue weighted by Crippen LogP contribution is 2.46. The molecule has 7 rings (SSSR count). The van der Waals surface area contributed by atoms with E-state index in [0.29, 0.717) is 41.5 Å². The molecule has 0 unspecified atom stereocenters. The van der Waals surface area contributed by atoms with Gasteiger partial charge < -0.3 is 19.4 Å². The molecule has 2 fully saturated rings. The molecule has 2 aromatic heterocycles. The Morgan fingerprint density at radius 3 is 2.62 bits per heavy atom. The normalized spacial score (nSPS) is 16.5. The van der Waals surface area contributed by atoms with Crippen LogP contribution < -0.4 is 5.32 Å². The number of nitrogens with one attached hydrogen (secondary N) is 1. The van der Waals surface area contributed by atoms with Crippen LogP contribution in [0.2, 0.25) is 0 Å². The lowest BCUT2D eigenvalue weighted by Crippen LogP contribution is -2.45. The number of rotatable bonds is 8. The minimum atomic E-state index is -0.581. The quantitative estimate of drug-likeness (QED) is 0.260. The SMILES string of the molecule is Cn1cnnc1-c1c(-c2ccccc2)ccc(F)c1-c1nc2cc(CNCC3(O)CCC3)cc(C3CC3)c2o1. The summed E-state index contributed by atoms with van der Waals surface area (Å²) in [6.45, 7) is 1.20. The number of hydrogen-bond acceptors (Lipinski definition) is 6. The van der Waals surface area contributed by atoms with Crippen LogP contribution in [0.25, 0.3) is 45.1 Å². The third-order valence-electron chi connectivity index (χ3n) is 8.05. The summed E-state index contributed by atoms with van der Waals surface area (Å²) in [4.78, 5) is 4.85. The minimum Gasteiger partial charge on any atom is -0.436 e. The smallest absolute Gasteiger partial charge is 0.231 e. The first-order valence-electron chi connectivity index (χ1n) is 13.6. The van der Waals surface area contributed by atoms with Gasteiger partial charge in [0, 0.05) is 31.3 Å². The number of aliphatic hydroxyl groups is 1. The number of fused-ring (bicyclic) bond motifs is 1. The van der Waals surface area contributed by atoms with Crippen molar-refractivity contribution in [3.05, 3.63) is 77.9 Å². The fraction of sp³-hybridized carbons (Fsp3) is 0.323. The van der Waals surface area contributed by atoms with E-state index in [2.05, 4.69) is 21.6 Å². The van der Waals surface area contributed by atoms with Gasteiger partial charge in [-0.05, 0) is 66.8 Å². The molecule has 2 aliphatic carbocycles. The monoisotopic (exact) mass is 523 g/mol. The van der Waals surface area contributed by atoms with Gasteiger partial charge in [-0.15, -0.1) is 10.2 Å². The lowest BCUT2D eigenvalue weighted by Gasteiger charge is -2.36. The third-order valence-corrected chi connectivity index (χ3v) is 8.05. The predicted octanol–water partition coefficient (Wildman–Crippen LogP) is 5.98. The van der Waals surface area contributed by atoms with Crippen molar-refractivity contribution in [3.63, 3.8) is 0 Å². The Hall–Kier alpha value is -3.88. The number of hydrogen-bond donors (Lipinski definition) is 2. The maximum absolute atomic E-state index is 15.8. The van der Waals surface area contributed by atoms with Gasteiger partial charge in [0.05, 0.1) is 11.2 Å². The summed E-state index contributed by atoms with van der Waals surface area (Å²) in [7, 11) is 1.84. The van der Waals surface area contributed by atoms with E-state index in [4.69, 9.17) is 9.40 Å². The topological polar surface area (TPSA) is 89.0 Å². The maximum Gasteiger partial charge on any atom is 0.231 e. The second-order valence-electron chi connectivity index (χ2n) is 11.0. The van der Waals surface area contributed by atoms with Crippen LogP contribution in [0.5, 0.6) is 0 Å². The highest BCUT2D eigenvalue weighted by Gasteiger charge is 2.34. The van der Waals surface area contributed by atoms with Crippen LogP contribution in [-0.2, 0) is 13.6 Å². The van der Waals surface area contributed by atoms with Crippen molar-refractivity contribution in [2.45, 2.75) is 50.2 Å². The van der Waals surface area contributed by atoms with Gasteiger partial charge in [-0.3, -0.25) is 0 Å². The first-order chi connectivity index (χ1) is 19.0. The van der Waals surface area contributed by atoms with E-state index in [1.165, 1.54) is 6.07 Å². The molecular weight excluding hydrogens is 493 g/mol. The number of nitrogens with zero attached hydrogens (tertiary/aromatic N) is 4. The van der Waals surface area contributed by atoms with Crippen LogP contribution in [-0.4, -0.2) is 37.0 Å². The molecule has 8 heteroatoms. The van der Waals surface area contributed by atoms with Crippen LogP contribution in [0.3, 0.4) is 0 Å². The molecule has 0 atom stereocenters. The van der Waals surface area contributed by atoms with Crippen molar-refractivity contribution in [2.75, 3.05) is 6.54 Å². The Morgan fingerprint density at radius 1 is 1.10 bits per heavy atom. The van der Waals surface area contributed by atoms with E-state index < -0.39 is 11.4 Å². The zero-order valence-corrected chi connectivity index (χ0v) is 21.8. The zero-order chi connectivity index (χ0) is 26.6. The molecule has 3 aromatic carbocycles. The van der Waals surface area contributed by atoms with Crippen molar-refractivity contribution in [1.29, 1.82) is 0 Å². The summed E-state index contributed by atoms with van der Waals surface area (Å²) in [5.74, 6) is 0.756. The summed E-state index contributed by atoms with van der Waals surface area (Å²) >= 11 is 0. The number of oxazole rings is 1. The zero-order valence-electron chi connectivity index (χ0n) is 21.8. The van der Waals surface area contributed by atoms with Crippen molar-refractivity contribution in [1.82, 2.24) is 25.1 Å². The number of benzene rings is 3. The van der Waals surface area contributed by atoms with Crippen molar-refractivity contribution >= 4 is 11.1 Å². The highest BCUT2D eigenvalue weighted by molar-refractivity contribution is 5.92. The first-order valence-corrected chi connectivity index (χ1v) is 13.6. The third kappa shape index (κ3) is 4.43. The molecule has 0 radical (unpaired) electrons. The largest absolute Gasteiger partial charge is 0.436 e. The van der Waals surface area contributed by atoms with Crippen LogP contribution in [0.4, 0.5) is 4.39 Å². The van der Waals surface area contributed by atoms with Crippen molar-refractivity contribution in [3.8, 4) is 34.0 Å². The van der Waals surface area contributed by atoms with Crippen molar-refractivity contribution in [2.24, 2.45) is 7.05 Å². The summed E-state index contributed by atoms with van der Waals surface area (Å²) in [5, 5.41) is 22.3. The lowest BCUT2D eigenvalue weighted by molar-refractivity contribution is -0.0314. The fourth-order valence-electron chi connectivity index (χ4n) is 5.61. The molecule has 2 aliphatic rings. The molecule has 198 valence electrons. The average molecular weight is 524 g/mol. The van der Waals surface area contributed by atoms with Gasteiger partial charge in [0.15, 0.2) is 11.4 Å². The van der Waals surface area contributed by atoms with Gasteiger partial charge in [-0.2, -0.15) is 0 Å². The number of aromatic nitrogens is 4. The van der Waals surface area contributed by atoms with E-state index in [1.807, 2.05) is 43.4 Å². The molecular formula is C31H30FN5O2. The molecule has 7 nitrogen and oxygen atoms in total. The maximum atomic E-state index is 15.8. The molecule has 5 aromatic rings. The van der Waals surface area contributed by atoms with Crippen LogP contribution in [0.1, 0.15) is 49.1 Å². The van der Waals surface area contributed by atoms with Gasteiger partial charge in [0.1, 0.15) is 17.7 Å². The summed E-state index contributed by atoms with van der Waals surface area (Å²) in [6.07, 6.45) is 6.58. The molecule has 0 aliphatic heterocycles. The van der Waals surface area contributed by atoms with Crippen LogP contribution >= 0.6 is 0 Å². The second-order valence-corrected chi connectivity index (χ2v) is 11.0. The van der Waals surface area contributed by atoms with Gasteiger partial charge in [0.25, 0.3) is 0 Å². The van der Waals surface area contributed by atoms with Crippen molar-refractivity contribution < 1.29 is 13.9 Å². The summed E-state index contributed by atoms with van der Waals surface area (Å²) < 4.78 is 23.9. The lowest BCUT2D eigenvalue weighted by atomic mass is 9.80. The molecule has 2 N–H and O–H groups in total. The van der Waals surface area contributed by atoms with E-state index in [-0.39, 0.29) is 11.5 Å². The summed E-state index contributed by atoms with van der Waals surface area (Å²) in [6, 6.07) is 17.3. The van der Waals surface area contributed by atoms with E-state index in [0.717, 1.165) is 54.4 Å². The van der Waals surface area contributed by atoms with Gasteiger partial charge in [0.2, 0.25) is 5.89 Å². The first kappa shape index (κ1) is 24.2. The standard InChI is InChI=1S/C31H30FN5O2/c1-37-18-34-36-29(37)26-22(20-6-3-2-4-7-20)10-11-24(32)27(26)30-35-25-15-19(16-33-17-31(38)12-5-13-31)14-23(21-8-9-21)28(25)39-30/h2-4,6-7,10-11,14-15,18,21,33,38H,5,8-9,12-13,16-17H2,1H3. The van der Waals surface area contributed by atoms with E-state index in [9.17, 15) is 5.11 Å². The Labute approximate surface area is 225 Å². The Balaban J connectivity index is 1.35. The van der Waals surface area contributed by atoms with E-state index in [1.54, 1.807) is 17.0 Å². The summed E-state index contributed by atoms with van der Waals surface area (Å²) in [5.41, 5.74) is 5.67. The Kier molecular flexibility index (Phi) is 5.82. The van der Waals surface area contributed by atoms with Gasteiger partial charge in [-0.1, -0.05) is 42.5 Å². The second kappa shape index (κ2) is 9.39. The molecule has 0 bridgehead atoms. The van der Waals surface area contributed by atoms with E-state index >= 15 is 4.39 Å². The van der Waals surface area contributed by atoms with Gasteiger partial charge >= 0.3 is 0 Å². The molecule has 0 spiro atoms. The van der Waals surface area contributed by atoms with Crippen LogP contribution in [0.15, 0.2) is 65.3 Å². The molecule has 2 saturated carbocycles. The molecule has 0 saturated heterocycles. The Morgan fingerprint density at radius 2 is 1.92 bits per heavy atom. The van der Waals surface area contributed by atoms with Crippen LogP contribution in [0, 0.1) is 5.82 Å². The Bertz CT molecular complexity index is 1670. The fourth-order valence-corrected chi connectivity index (χ4v) is 5.61. The van der Waals surface area contributed by atoms with Gasteiger partial charge in [-0.25, -0.2) is 9.37 Å². The number of aryl methyl sites for hydroxylation is 1. The molecule has 0 amide bonds. The number of halogens is 1. The highest BCUT2D eigenvalue weighted by atomic mass is 19.1. The predicted molar refractivity (Wildman–Crippen MR) is 147 cm³/mol. The molecule has 2 heterocycles.